The van der Waals surface area contributed by atoms with Crippen molar-refractivity contribution in [1.82, 2.24) is 0 Å². The van der Waals surface area contributed by atoms with Gasteiger partial charge < -0.3 is 9.64 Å². The Morgan fingerprint density at radius 1 is 1.17 bits per heavy atom. The van der Waals surface area contributed by atoms with Crippen LogP contribution in [0.4, 0.5) is 18.9 Å². The highest BCUT2D eigenvalue weighted by atomic mass is 19.4. The topological polar surface area (TPSA) is 46.6 Å². The molecule has 0 radical (unpaired) electrons. The van der Waals surface area contributed by atoms with Crippen LogP contribution in [0.5, 0.6) is 0 Å². The molecule has 1 aliphatic heterocycles. The lowest BCUT2D eigenvalue weighted by atomic mass is 9.92. The van der Waals surface area contributed by atoms with Crippen molar-refractivity contribution in [2.75, 3.05) is 24.6 Å². The number of ketones is 1. The monoisotopic (exact) mass is 329 g/mol. The summed E-state index contributed by atoms with van der Waals surface area (Å²) in [5.41, 5.74) is -0.00587. The Labute approximate surface area is 132 Å². The van der Waals surface area contributed by atoms with E-state index in [0.29, 0.717) is 31.6 Å². The molecule has 1 aromatic rings. The average Bonchev–Trinajstić information content (AvgIpc) is 2.54. The number of nitrogens with zero attached hydrogens (tertiary/aromatic N) is 1. The molecule has 2 rings (SSSR count). The zero-order valence-electron chi connectivity index (χ0n) is 12.7. The van der Waals surface area contributed by atoms with Gasteiger partial charge in [-0.2, -0.15) is 13.2 Å². The van der Waals surface area contributed by atoms with Gasteiger partial charge in [-0.1, -0.05) is 0 Å². The number of carbonyl (C=O) groups excluding carboxylic acids is 2. The number of benzene rings is 1. The molecule has 1 saturated heterocycles. The second kappa shape index (κ2) is 7.02. The number of halogens is 3. The van der Waals surface area contributed by atoms with E-state index in [1.807, 2.05) is 4.90 Å². The zero-order valence-corrected chi connectivity index (χ0v) is 12.7. The number of anilines is 1. The Morgan fingerprint density at radius 3 is 2.22 bits per heavy atom. The molecule has 0 unspecified atom stereocenters. The van der Waals surface area contributed by atoms with E-state index < -0.39 is 23.5 Å². The minimum atomic E-state index is -4.35. The highest BCUT2D eigenvalue weighted by molar-refractivity contribution is 6.34. The number of esters is 1. The lowest BCUT2D eigenvalue weighted by molar-refractivity contribution is -0.155. The molecule has 1 aliphatic rings. The summed E-state index contributed by atoms with van der Waals surface area (Å²) in [4.78, 5) is 25.2. The van der Waals surface area contributed by atoms with E-state index in [-0.39, 0.29) is 12.5 Å². The lowest BCUT2D eigenvalue weighted by Crippen LogP contribution is -2.38. The molecule has 0 amide bonds. The van der Waals surface area contributed by atoms with Gasteiger partial charge in [0.05, 0.1) is 12.2 Å². The Balaban J connectivity index is 1.94. The van der Waals surface area contributed by atoms with Crippen LogP contribution in [0.2, 0.25) is 0 Å². The van der Waals surface area contributed by atoms with Crippen molar-refractivity contribution in [3.63, 3.8) is 0 Å². The Morgan fingerprint density at radius 2 is 1.74 bits per heavy atom. The number of hydrogen-bond acceptors (Lipinski definition) is 4. The van der Waals surface area contributed by atoms with Gasteiger partial charge in [0.15, 0.2) is 0 Å². The van der Waals surface area contributed by atoms with Gasteiger partial charge in [-0.15, -0.1) is 0 Å². The molecule has 0 spiro atoms. The summed E-state index contributed by atoms with van der Waals surface area (Å²) >= 11 is 0. The van der Waals surface area contributed by atoms with Crippen LogP contribution in [-0.4, -0.2) is 31.4 Å². The normalized spacial score (nSPS) is 16.3. The molecule has 0 aliphatic carbocycles. The van der Waals surface area contributed by atoms with Gasteiger partial charge >= 0.3 is 12.1 Å². The minimum Gasteiger partial charge on any atom is -0.460 e. The number of hydrogen-bond donors (Lipinski definition) is 0. The molecule has 7 heteroatoms. The molecule has 1 fully saturated rings. The smallest absolute Gasteiger partial charge is 0.416 e. The van der Waals surface area contributed by atoms with Crippen molar-refractivity contribution in [2.45, 2.75) is 25.9 Å². The van der Waals surface area contributed by atoms with E-state index >= 15 is 0 Å². The van der Waals surface area contributed by atoms with Crippen LogP contribution in [0.1, 0.15) is 25.3 Å². The van der Waals surface area contributed by atoms with Crippen molar-refractivity contribution >= 4 is 17.4 Å². The summed E-state index contributed by atoms with van der Waals surface area (Å²) in [5, 5.41) is 0. The summed E-state index contributed by atoms with van der Waals surface area (Å²) < 4.78 is 42.3. The molecule has 0 N–H and O–H groups in total. The third kappa shape index (κ3) is 4.24. The van der Waals surface area contributed by atoms with Crippen LogP contribution in [0.15, 0.2) is 24.3 Å². The van der Waals surface area contributed by atoms with Gasteiger partial charge in [0, 0.05) is 24.7 Å². The molecule has 1 heterocycles. The summed E-state index contributed by atoms with van der Waals surface area (Å²) in [6.07, 6.45) is -3.38. The molecule has 4 nitrogen and oxygen atoms in total. The molecule has 0 atom stereocenters. The van der Waals surface area contributed by atoms with Crippen molar-refractivity contribution in [1.29, 1.82) is 0 Å². The van der Waals surface area contributed by atoms with Gasteiger partial charge in [0.1, 0.15) is 0 Å². The maximum absolute atomic E-state index is 12.5. The molecule has 23 heavy (non-hydrogen) atoms. The SMILES string of the molecule is CCOC(=O)C(=O)C1CCN(c2ccc(C(F)(F)F)cc2)CC1. The number of rotatable bonds is 4. The quantitative estimate of drug-likeness (QED) is 0.629. The molecule has 0 aromatic heterocycles. The van der Waals surface area contributed by atoms with E-state index in [1.54, 1.807) is 6.92 Å². The van der Waals surface area contributed by atoms with Crippen molar-refractivity contribution in [3.05, 3.63) is 29.8 Å². The van der Waals surface area contributed by atoms with Gasteiger partial charge in [0.2, 0.25) is 5.78 Å². The third-order valence-electron chi connectivity index (χ3n) is 3.90. The van der Waals surface area contributed by atoms with Crippen LogP contribution in [0, 0.1) is 5.92 Å². The standard InChI is InChI=1S/C16H18F3NO3/c1-2-23-15(22)14(21)11-7-9-20(10-8-11)13-5-3-12(4-6-13)16(17,18)19/h3-6,11H,2,7-10H2,1H3. The summed E-state index contributed by atoms with van der Waals surface area (Å²) in [7, 11) is 0. The van der Waals surface area contributed by atoms with E-state index in [4.69, 9.17) is 4.74 Å². The molecule has 0 saturated carbocycles. The van der Waals surface area contributed by atoms with Crippen LogP contribution in [0.3, 0.4) is 0 Å². The van der Waals surface area contributed by atoms with Crippen LogP contribution < -0.4 is 4.90 Å². The Kier molecular flexibility index (Phi) is 5.28. The Hall–Kier alpha value is -2.05. The summed E-state index contributed by atoms with van der Waals surface area (Å²) in [6, 6.07) is 4.95. The maximum Gasteiger partial charge on any atom is 0.416 e. The van der Waals surface area contributed by atoms with E-state index in [9.17, 15) is 22.8 Å². The average molecular weight is 329 g/mol. The minimum absolute atomic E-state index is 0.162. The highest BCUT2D eigenvalue weighted by Gasteiger charge is 2.32. The maximum atomic E-state index is 12.5. The van der Waals surface area contributed by atoms with E-state index in [1.165, 1.54) is 12.1 Å². The van der Waals surface area contributed by atoms with Crippen molar-refractivity contribution < 1.29 is 27.5 Å². The lowest BCUT2D eigenvalue weighted by Gasteiger charge is -2.32. The fourth-order valence-corrected chi connectivity index (χ4v) is 2.63. The number of carbonyl (C=O) groups is 2. The molecular formula is C16H18F3NO3. The van der Waals surface area contributed by atoms with Crippen LogP contribution >= 0.6 is 0 Å². The fourth-order valence-electron chi connectivity index (χ4n) is 2.63. The number of piperidine rings is 1. The highest BCUT2D eigenvalue weighted by Crippen LogP contribution is 2.31. The van der Waals surface area contributed by atoms with Crippen LogP contribution in [0.25, 0.3) is 0 Å². The van der Waals surface area contributed by atoms with Gasteiger partial charge in [-0.05, 0) is 44.0 Å². The first kappa shape index (κ1) is 17.3. The number of Topliss-reactive ketones (excluding diaryl/α,β-unsaturated/α-hetero) is 1. The molecular weight excluding hydrogens is 311 g/mol. The second-order valence-electron chi connectivity index (χ2n) is 5.39. The summed E-state index contributed by atoms with van der Waals surface area (Å²) in [5.74, 6) is -1.70. The molecule has 126 valence electrons. The van der Waals surface area contributed by atoms with E-state index in [2.05, 4.69) is 0 Å². The van der Waals surface area contributed by atoms with Crippen molar-refractivity contribution in [2.24, 2.45) is 5.92 Å². The number of ether oxygens (including phenoxy) is 1. The van der Waals surface area contributed by atoms with Crippen LogP contribution in [-0.2, 0) is 20.5 Å². The fraction of sp³-hybridized carbons (Fsp3) is 0.500. The van der Waals surface area contributed by atoms with Gasteiger partial charge in [-0.3, -0.25) is 4.79 Å². The molecule has 0 bridgehead atoms. The molecule has 1 aromatic carbocycles. The zero-order chi connectivity index (χ0) is 17.0. The first-order chi connectivity index (χ1) is 10.8. The largest absolute Gasteiger partial charge is 0.460 e. The predicted molar refractivity (Wildman–Crippen MR) is 78.0 cm³/mol. The van der Waals surface area contributed by atoms with Crippen molar-refractivity contribution in [3.8, 4) is 0 Å². The third-order valence-corrected chi connectivity index (χ3v) is 3.90. The van der Waals surface area contributed by atoms with Gasteiger partial charge in [-0.25, -0.2) is 4.79 Å². The Bertz CT molecular complexity index is 561. The van der Waals surface area contributed by atoms with Gasteiger partial charge in [0.25, 0.3) is 0 Å². The summed E-state index contributed by atoms with van der Waals surface area (Å²) in [6.45, 7) is 2.83. The predicted octanol–water partition coefficient (Wildman–Crippen LogP) is 3.05. The van der Waals surface area contributed by atoms with E-state index in [0.717, 1.165) is 12.1 Å². The first-order valence-electron chi connectivity index (χ1n) is 7.46. The second-order valence-corrected chi connectivity index (χ2v) is 5.39. The number of alkyl halides is 3. The first-order valence-corrected chi connectivity index (χ1v) is 7.46.